The van der Waals surface area contributed by atoms with Crippen molar-refractivity contribution in [3.63, 3.8) is 0 Å². The van der Waals surface area contributed by atoms with Crippen molar-refractivity contribution in [3.05, 3.63) is 64.6 Å². The maximum Gasteiger partial charge on any atom is 0.243 e. The zero-order valence-corrected chi connectivity index (χ0v) is 17.5. The molecule has 2 atom stereocenters. The van der Waals surface area contributed by atoms with Gasteiger partial charge in [-0.2, -0.15) is 4.31 Å². The van der Waals surface area contributed by atoms with Gasteiger partial charge in [0.15, 0.2) is 0 Å². The van der Waals surface area contributed by atoms with Gasteiger partial charge >= 0.3 is 0 Å². The van der Waals surface area contributed by atoms with Crippen molar-refractivity contribution in [2.45, 2.75) is 30.7 Å². The second-order valence-corrected chi connectivity index (χ2v) is 9.56. The molecule has 0 spiro atoms. The van der Waals surface area contributed by atoms with Crippen LogP contribution in [0, 0.1) is 5.92 Å². The van der Waals surface area contributed by atoms with Gasteiger partial charge in [-0.1, -0.05) is 52.3 Å². The smallest absolute Gasteiger partial charge is 0.243 e. The van der Waals surface area contributed by atoms with Gasteiger partial charge in [0.1, 0.15) is 0 Å². The maximum atomic E-state index is 12.8. The minimum absolute atomic E-state index is 0.105. The standard InChI is InChI=1S/C20H23BrN2O3S/c1-15(18-11-5-6-12-19(18)21)22-20(24)16-8-7-13-23(14-16)27(25,26)17-9-3-2-4-10-17/h2-6,9-12,15-16H,7-8,13-14H2,1H3,(H,22,24). The van der Waals surface area contributed by atoms with E-state index >= 15 is 0 Å². The molecule has 2 aromatic rings. The molecule has 0 aromatic heterocycles. The average molecular weight is 451 g/mol. The van der Waals surface area contributed by atoms with Crippen molar-refractivity contribution >= 4 is 31.9 Å². The van der Waals surface area contributed by atoms with Crippen LogP contribution in [0.5, 0.6) is 0 Å². The van der Waals surface area contributed by atoms with Crippen LogP contribution in [0.3, 0.4) is 0 Å². The summed E-state index contributed by atoms with van der Waals surface area (Å²) in [6, 6.07) is 16.0. The second kappa shape index (κ2) is 8.54. The molecule has 7 heteroatoms. The van der Waals surface area contributed by atoms with Gasteiger partial charge in [0, 0.05) is 17.6 Å². The number of rotatable bonds is 5. The molecule has 1 amide bonds. The summed E-state index contributed by atoms with van der Waals surface area (Å²) in [6.07, 6.45) is 1.36. The molecule has 1 N–H and O–H groups in total. The van der Waals surface area contributed by atoms with E-state index in [9.17, 15) is 13.2 Å². The van der Waals surface area contributed by atoms with Crippen molar-refractivity contribution in [2.24, 2.45) is 5.92 Å². The van der Waals surface area contributed by atoms with Gasteiger partial charge in [-0.3, -0.25) is 4.79 Å². The Morgan fingerprint density at radius 3 is 2.52 bits per heavy atom. The van der Waals surface area contributed by atoms with Crippen LogP contribution in [0.25, 0.3) is 0 Å². The molecule has 1 aliphatic heterocycles. The number of amides is 1. The normalized spacial score (nSPS) is 19.4. The molecule has 5 nitrogen and oxygen atoms in total. The SMILES string of the molecule is CC(NC(=O)C1CCCN(S(=O)(=O)c2ccccc2)C1)c1ccccc1Br. The van der Waals surface area contributed by atoms with Crippen LogP contribution in [0.2, 0.25) is 0 Å². The van der Waals surface area contributed by atoms with Crippen LogP contribution in [0.15, 0.2) is 64.0 Å². The number of carbonyl (C=O) groups is 1. The van der Waals surface area contributed by atoms with E-state index < -0.39 is 10.0 Å². The highest BCUT2D eigenvalue weighted by molar-refractivity contribution is 9.10. The molecular formula is C20H23BrN2O3S. The fourth-order valence-electron chi connectivity index (χ4n) is 3.35. The molecule has 2 unspecified atom stereocenters. The lowest BCUT2D eigenvalue weighted by Gasteiger charge is -2.32. The minimum Gasteiger partial charge on any atom is -0.349 e. The molecule has 144 valence electrons. The van der Waals surface area contributed by atoms with E-state index in [-0.39, 0.29) is 29.3 Å². The second-order valence-electron chi connectivity index (χ2n) is 6.77. The largest absolute Gasteiger partial charge is 0.349 e. The molecule has 1 heterocycles. The summed E-state index contributed by atoms with van der Waals surface area (Å²) in [5.41, 5.74) is 0.996. The van der Waals surface area contributed by atoms with E-state index in [1.54, 1.807) is 30.3 Å². The third-order valence-electron chi connectivity index (χ3n) is 4.87. The Labute approximate surface area is 169 Å². The molecule has 2 aromatic carbocycles. The first-order valence-electron chi connectivity index (χ1n) is 8.99. The first-order valence-corrected chi connectivity index (χ1v) is 11.2. The summed E-state index contributed by atoms with van der Waals surface area (Å²) < 4.78 is 28.0. The highest BCUT2D eigenvalue weighted by Crippen LogP contribution is 2.26. The molecule has 0 bridgehead atoms. The van der Waals surface area contributed by atoms with E-state index in [2.05, 4.69) is 21.2 Å². The van der Waals surface area contributed by atoms with Crippen LogP contribution >= 0.6 is 15.9 Å². The minimum atomic E-state index is -3.57. The molecule has 3 rings (SSSR count). The highest BCUT2D eigenvalue weighted by Gasteiger charge is 2.33. The summed E-state index contributed by atoms with van der Waals surface area (Å²) in [5, 5.41) is 3.03. The number of sulfonamides is 1. The summed E-state index contributed by atoms with van der Waals surface area (Å²) >= 11 is 3.51. The topological polar surface area (TPSA) is 66.5 Å². The third kappa shape index (κ3) is 4.59. The van der Waals surface area contributed by atoms with Gasteiger partial charge in [0.2, 0.25) is 15.9 Å². The summed E-state index contributed by atoms with van der Waals surface area (Å²) in [4.78, 5) is 13.0. The van der Waals surface area contributed by atoms with Crippen molar-refractivity contribution < 1.29 is 13.2 Å². The number of nitrogens with zero attached hydrogens (tertiary/aromatic N) is 1. The van der Waals surface area contributed by atoms with E-state index in [4.69, 9.17) is 0 Å². The number of nitrogens with one attached hydrogen (secondary N) is 1. The number of benzene rings is 2. The molecule has 0 radical (unpaired) electrons. The lowest BCUT2D eigenvalue weighted by Crippen LogP contribution is -2.45. The van der Waals surface area contributed by atoms with Crippen LogP contribution < -0.4 is 5.32 Å². The number of hydrogen-bond donors (Lipinski definition) is 1. The van der Waals surface area contributed by atoms with Crippen LogP contribution in [-0.2, 0) is 14.8 Å². The number of piperidine rings is 1. The first kappa shape index (κ1) is 20.0. The molecule has 1 fully saturated rings. The summed E-state index contributed by atoms with van der Waals surface area (Å²) in [7, 11) is -3.57. The molecular weight excluding hydrogens is 428 g/mol. The lowest BCUT2D eigenvalue weighted by molar-refractivity contribution is -0.126. The summed E-state index contributed by atoms with van der Waals surface area (Å²) in [5.74, 6) is -0.451. The van der Waals surface area contributed by atoms with Crippen molar-refractivity contribution in [2.75, 3.05) is 13.1 Å². The van der Waals surface area contributed by atoms with Crippen molar-refractivity contribution in [1.29, 1.82) is 0 Å². The highest BCUT2D eigenvalue weighted by atomic mass is 79.9. The third-order valence-corrected chi connectivity index (χ3v) is 7.47. The number of hydrogen-bond acceptors (Lipinski definition) is 3. The van der Waals surface area contributed by atoms with Gasteiger partial charge in [0.05, 0.1) is 16.9 Å². The van der Waals surface area contributed by atoms with Gasteiger partial charge in [-0.05, 0) is 43.5 Å². The molecule has 1 aliphatic rings. The Hall–Kier alpha value is -1.70. The lowest BCUT2D eigenvalue weighted by atomic mass is 9.98. The zero-order chi connectivity index (χ0) is 19.4. The maximum absolute atomic E-state index is 12.8. The van der Waals surface area contributed by atoms with Crippen molar-refractivity contribution in [1.82, 2.24) is 9.62 Å². The summed E-state index contributed by atoms with van der Waals surface area (Å²) in [6.45, 7) is 2.59. The zero-order valence-electron chi connectivity index (χ0n) is 15.1. The van der Waals surface area contributed by atoms with Crippen molar-refractivity contribution in [3.8, 4) is 0 Å². The van der Waals surface area contributed by atoms with Gasteiger partial charge in [-0.15, -0.1) is 0 Å². The number of carbonyl (C=O) groups excluding carboxylic acids is 1. The fraction of sp³-hybridized carbons (Fsp3) is 0.350. The van der Waals surface area contributed by atoms with E-state index in [0.29, 0.717) is 19.4 Å². The molecule has 0 saturated carbocycles. The van der Waals surface area contributed by atoms with E-state index in [0.717, 1.165) is 10.0 Å². The van der Waals surface area contributed by atoms with E-state index in [1.165, 1.54) is 4.31 Å². The van der Waals surface area contributed by atoms with Crippen LogP contribution in [0.4, 0.5) is 0 Å². The first-order chi connectivity index (χ1) is 12.9. The van der Waals surface area contributed by atoms with Crippen LogP contribution in [0.1, 0.15) is 31.4 Å². The van der Waals surface area contributed by atoms with Gasteiger partial charge in [0.25, 0.3) is 0 Å². The predicted octanol–water partition coefficient (Wildman–Crippen LogP) is 3.73. The Morgan fingerprint density at radius 2 is 1.81 bits per heavy atom. The number of halogens is 1. The molecule has 27 heavy (non-hydrogen) atoms. The predicted molar refractivity (Wildman–Crippen MR) is 109 cm³/mol. The molecule has 1 saturated heterocycles. The van der Waals surface area contributed by atoms with E-state index in [1.807, 2.05) is 31.2 Å². The molecule has 0 aliphatic carbocycles. The van der Waals surface area contributed by atoms with Gasteiger partial charge < -0.3 is 5.32 Å². The Kier molecular flexibility index (Phi) is 6.34. The Morgan fingerprint density at radius 1 is 1.15 bits per heavy atom. The average Bonchev–Trinajstić information content (AvgIpc) is 2.69. The van der Waals surface area contributed by atoms with Crippen LogP contribution in [-0.4, -0.2) is 31.7 Å². The van der Waals surface area contributed by atoms with Gasteiger partial charge in [-0.25, -0.2) is 8.42 Å². The quantitative estimate of drug-likeness (QED) is 0.754. The Balaban J connectivity index is 1.69. The fourth-order valence-corrected chi connectivity index (χ4v) is 5.52. The Bertz CT molecular complexity index is 902. The monoisotopic (exact) mass is 450 g/mol.